The summed E-state index contributed by atoms with van der Waals surface area (Å²) >= 11 is 0. The summed E-state index contributed by atoms with van der Waals surface area (Å²) in [7, 11) is 0. The van der Waals surface area contributed by atoms with Gasteiger partial charge in [-0.2, -0.15) is 0 Å². The number of benzene rings is 1. The van der Waals surface area contributed by atoms with Gasteiger partial charge < -0.3 is 9.84 Å². The summed E-state index contributed by atoms with van der Waals surface area (Å²) < 4.78 is 5.17. The zero-order valence-corrected chi connectivity index (χ0v) is 11.9. The molecule has 0 aliphatic rings. The largest absolute Gasteiger partial charge is 0.361 e. The first-order valence-corrected chi connectivity index (χ1v) is 6.86. The molecule has 0 saturated heterocycles. The van der Waals surface area contributed by atoms with Crippen molar-refractivity contribution in [1.82, 2.24) is 10.5 Å². The summed E-state index contributed by atoms with van der Waals surface area (Å²) in [4.78, 5) is 0. The normalized spacial score (nSPS) is 12.6. The Hall–Kier alpha value is -1.61. The van der Waals surface area contributed by atoms with Gasteiger partial charge in [-0.25, -0.2) is 0 Å². The van der Waals surface area contributed by atoms with E-state index in [1.54, 1.807) is 0 Å². The van der Waals surface area contributed by atoms with Gasteiger partial charge in [-0.1, -0.05) is 35.5 Å². The molecule has 3 heteroatoms. The molecule has 0 aliphatic carbocycles. The van der Waals surface area contributed by atoms with Crippen LogP contribution in [0.15, 0.2) is 34.9 Å². The zero-order chi connectivity index (χ0) is 13.7. The third-order valence-corrected chi connectivity index (χ3v) is 3.52. The second kappa shape index (κ2) is 6.53. The highest BCUT2D eigenvalue weighted by atomic mass is 16.5. The SMILES string of the molecule is Cc1noc(C)c1CN[C@H](C)CCc1ccccc1. The van der Waals surface area contributed by atoms with Crippen molar-refractivity contribution in [3.63, 3.8) is 0 Å². The van der Waals surface area contributed by atoms with Crippen LogP contribution in [0.3, 0.4) is 0 Å². The molecule has 1 heterocycles. The highest BCUT2D eigenvalue weighted by Gasteiger charge is 2.10. The van der Waals surface area contributed by atoms with Crippen LogP contribution in [0.2, 0.25) is 0 Å². The molecule has 0 fully saturated rings. The molecule has 102 valence electrons. The number of rotatable bonds is 6. The minimum atomic E-state index is 0.480. The molecule has 0 unspecified atom stereocenters. The maximum absolute atomic E-state index is 5.17. The fourth-order valence-electron chi connectivity index (χ4n) is 2.16. The van der Waals surface area contributed by atoms with Gasteiger partial charge in [-0.05, 0) is 39.2 Å². The Bertz CT molecular complexity index is 485. The fourth-order valence-corrected chi connectivity index (χ4v) is 2.16. The van der Waals surface area contributed by atoms with E-state index >= 15 is 0 Å². The molecule has 1 aromatic heterocycles. The molecule has 0 spiro atoms. The van der Waals surface area contributed by atoms with Crippen LogP contribution in [-0.2, 0) is 13.0 Å². The Labute approximate surface area is 115 Å². The number of nitrogens with one attached hydrogen (secondary N) is 1. The molecule has 0 saturated carbocycles. The molecular weight excluding hydrogens is 236 g/mol. The van der Waals surface area contributed by atoms with Crippen molar-refractivity contribution in [2.24, 2.45) is 0 Å². The topological polar surface area (TPSA) is 38.1 Å². The lowest BCUT2D eigenvalue weighted by atomic mass is 10.1. The molecule has 0 bridgehead atoms. The number of nitrogens with zero attached hydrogens (tertiary/aromatic N) is 1. The number of hydrogen-bond donors (Lipinski definition) is 1. The number of aryl methyl sites for hydroxylation is 3. The Balaban J connectivity index is 1.77. The maximum atomic E-state index is 5.17. The Kier molecular flexibility index (Phi) is 4.74. The lowest BCUT2D eigenvalue weighted by molar-refractivity contribution is 0.391. The predicted molar refractivity (Wildman–Crippen MR) is 77.0 cm³/mol. The first-order chi connectivity index (χ1) is 9.16. The van der Waals surface area contributed by atoms with Crippen molar-refractivity contribution in [2.45, 2.75) is 46.2 Å². The van der Waals surface area contributed by atoms with Gasteiger partial charge >= 0.3 is 0 Å². The summed E-state index contributed by atoms with van der Waals surface area (Å²) in [5, 5.41) is 7.51. The molecule has 1 N–H and O–H groups in total. The highest BCUT2D eigenvalue weighted by molar-refractivity contribution is 5.20. The second-order valence-electron chi connectivity index (χ2n) is 5.11. The van der Waals surface area contributed by atoms with E-state index < -0.39 is 0 Å². The van der Waals surface area contributed by atoms with E-state index in [2.05, 4.69) is 47.7 Å². The standard InChI is InChI=1S/C16H22N2O/c1-12(9-10-15-7-5-4-6-8-15)17-11-16-13(2)18-19-14(16)3/h4-8,12,17H,9-11H2,1-3H3/t12-/m1/s1. The van der Waals surface area contributed by atoms with Crippen LogP contribution in [0, 0.1) is 13.8 Å². The van der Waals surface area contributed by atoms with Gasteiger partial charge in [-0.15, -0.1) is 0 Å². The van der Waals surface area contributed by atoms with E-state index in [-0.39, 0.29) is 0 Å². The minimum Gasteiger partial charge on any atom is -0.361 e. The van der Waals surface area contributed by atoms with Crippen molar-refractivity contribution in [1.29, 1.82) is 0 Å². The first-order valence-electron chi connectivity index (χ1n) is 6.86. The molecule has 0 aliphatic heterocycles. The van der Waals surface area contributed by atoms with E-state index in [1.165, 1.54) is 11.1 Å². The molecule has 3 nitrogen and oxygen atoms in total. The Morgan fingerprint density at radius 3 is 2.58 bits per heavy atom. The monoisotopic (exact) mass is 258 g/mol. The van der Waals surface area contributed by atoms with Crippen molar-refractivity contribution in [3.8, 4) is 0 Å². The molecule has 0 amide bonds. The van der Waals surface area contributed by atoms with E-state index in [4.69, 9.17) is 4.52 Å². The summed E-state index contributed by atoms with van der Waals surface area (Å²) in [5.74, 6) is 0.917. The average Bonchev–Trinajstić information content (AvgIpc) is 2.75. The van der Waals surface area contributed by atoms with Crippen LogP contribution in [0.4, 0.5) is 0 Å². The molecule has 19 heavy (non-hydrogen) atoms. The molecule has 1 aromatic carbocycles. The molecule has 2 aromatic rings. The summed E-state index contributed by atoms with van der Waals surface area (Å²) in [5.41, 5.74) is 3.57. The number of aromatic nitrogens is 1. The summed E-state index contributed by atoms with van der Waals surface area (Å²) in [6, 6.07) is 11.1. The van der Waals surface area contributed by atoms with Gasteiger partial charge in [-0.3, -0.25) is 0 Å². The van der Waals surface area contributed by atoms with E-state index in [0.29, 0.717) is 6.04 Å². The van der Waals surface area contributed by atoms with Crippen LogP contribution >= 0.6 is 0 Å². The summed E-state index contributed by atoms with van der Waals surface area (Å²) in [6.45, 7) is 7.01. The van der Waals surface area contributed by atoms with Crippen LogP contribution in [0.1, 0.15) is 35.9 Å². The lowest BCUT2D eigenvalue weighted by Crippen LogP contribution is -2.26. The number of hydrogen-bond acceptors (Lipinski definition) is 3. The van der Waals surface area contributed by atoms with Crippen LogP contribution < -0.4 is 5.32 Å². The van der Waals surface area contributed by atoms with Gasteiger partial charge in [0.15, 0.2) is 0 Å². The van der Waals surface area contributed by atoms with E-state index in [1.807, 2.05) is 13.8 Å². The first kappa shape index (κ1) is 13.8. The fraction of sp³-hybridized carbons (Fsp3) is 0.438. The van der Waals surface area contributed by atoms with Crippen LogP contribution in [-0.4, -0.2) is 11.2 Å². The Morgan fingerprint density at radius 1 is 1.21 bits per heavy atom. The molecule has 0 radical (unpaired) electrons. The van der Waals surface area contributed by atoms with Gasteiger partial charge in [0, 0.05) is 18.2 Å². The molecule has 1 atom stereocenters. The summed E-state index contributed by atoms with van der Waals surface area (Å²) in [6.07, 6.45) is 2.24. The van der Waals surface area contributed by atoms with Crippen molar-refractivity contribution in [3.05, 3.63) is 52.9 Å². The minimum absolute atomic E-state index is 0.480. The van der Waals surface area contributed by atoms with Crippen LogP contribution in [0.25, 0.3) is 0 Å². The van der Waals surface area contributed by atoms with E-state index in [9.17, 15) is 0 Å². The van der Waals surface area contributed by atoms with Crippen molar-refractivity contribution in [2.75, 3.05) is 0 Å². The zero-order valence-electron chi connectivity index (χ0n) is 11.9. The van der Waals surface area contributed by atoms with Crippen LogP contribution in [0.5, 0.6) is 0 Å². The van der Waals surface area contributed by atoms with E-state index in [0.717, 1.165) is 30.8 Å². The lowest BCUT2D eigenvalue weighted by Gasteiger charge is -2.13. The highest BCUT2D eigenvalue weighted by Crippen LogP contribution is 2.12. The molecular formula is C16H22N2O. The van der Waals surface area contributed by atoms with Crippen molar-refractivity contribution < 1.29 is 4.52 Å². The average molecular weight is 258 g/mol. The third-order valence-electron chi connectivity index (χ3n) is 3.52. The van der Waals surface area contributed by atoms with Crippen molar-refractivity contribution >= 4 is 0 Å². The van der Waals surface area contributed by atoms with Gasteiger partial charge in [0.25, 0.3) is 0 Å². The molecule has 2 rings (SSSR count). The van der Waals surface area contributed by atoms with Gasteiger partial charge in [0.2, 0.25) is 0 Å². The third kappa shape index (κ3) is 3.93. The predicted octanol–water partition coefficient (Wildman–Crippen LogP) is 3.40. The smallest absolute Gasteiger partial charge is 0.138 e. The van der Waals surface area contributed by atoms with Gasteiger partial charge in [0.1, 0.15) is 5.76 Å². The maximum Gasteiger partial charge on any atom is 0.138 e. The quantitative estimate of drug-likeness (QED) is 0.863. The Morgan fingerprint density at radius 2 is 1.95 bits per heavy atom. The van der Waals surface area contributed by atoms with Gasteiger partial charge in [0.05, 0.1) is 5.69 Å². The second-order valence-corrected chi connectivity index (χ2v) is 5.11.